The molecule has 3 rings (SSSR count). The molecule has 0 radical (unpaired) electrons. The molecule has 126 valence electrons. The van der Waals surface area contributed by atoms with E-state index in [9.17, 15) is 9.59 Å². The summed E-state index contributed by atoms with van der Waals surface area (Å²) in [6, 6.07) is 15.5. The fraction of sp³-hybridized carbons (Fsp3) is 0.0556. The van der Waals surface area contributed by atoms with Crippen molar-refractivity contribution in [3.63, 3.8) is 0 Å². The van der Waals surface area contributed by atoms with Gasteiger partial charge in [0.25, 0.3) is 5.91 Å². The highest BCUT2D eigenvalue weighted by Crippen LogP contribution is 2.13. The van der Waals surface area contributed by atoms with Gasteiger partial charge in [0.1, 0.15) is 18.1 Å². The lowest BCUT2D eigenvalue weighted by molar-refractivity contribution is 0.0828. The standard InChI is InChI=1S/C18H15N3O4/c22-17(13-8-10-19-11-9-13)20-21-18(23)16-7-6-15(25-16)12-24-14-4-2-1-3-5-14/h1-11H,12H2,(H,20,22)(H,21,23). The van der Waals surface area contributed by atoms with Gasteiger partial charge in [-0.25, -0.2) is 0 Å². The van der Waals surface area contributed by atoms with Crippen LogP contribution in [-0.2, 0) is 6.61 Å². The van der Waals surface area contributed by atoms with Crippen molar-refractivity contribution in [2.75, 3.05) is 0 Å². The molecular weight excluding hydrogens is 322 g/mol. The SMILES string of the molecule is O=C(NNC(=O)c1ccc(COc2ccccc2)o1)c1ccncc1. The maximum Gasteiger partial charge on any atom is 0.305 e. The average molecular weight is 337 g/mol. The van der Waals surface area contributed by atoms with Crippen LogP contribution in [-0.4, -0.2) is 16.8 Å². The molecule has 0 aliphatic carbocycles. The van der Waals surface area contributed by atoms with Crippen LogP contribution in [0.1, 0.15) is 26.7 Å². The van der Waals surface area contributed by atoms with E-state index < -0.39 is 11.8 Å². The molecule has 3 aromatic rings. The third-order valence-electron chi connectivity index (χ3n) is 3.24. The Morgan fingerprint density at radius 1 is 0.920 bits per heavy atom. The fourth-order valence-electron chi connectivity index (χ4n) is 2.00. The monoisotopic (exact) mass is 337 g/mol. The van der Waals surface area contributed by atoms with Crippen molar-refractivity contribution in [2.45, 2.75) is 6.61 Å². The molecular formula is C18H15N3O4. The highest BCUT2D eigenvalue weighted by atomic mass is 16.5. The van der Waals surface area contributed by atoms with Gasteiger partial charge in [0, 0.05) is 18.0 Å². The van der Waals surface area contributed by atoms with Crippen LogP contribution in [0.2, 0.25) is 0 Å². The van der Waals surface area contributed by atoms with Gasteiger partial charge in [0.2, 0.25) is 0 Å². The Labute approximate surface area is 143 Å². The van der Waals surface area contributed by atoms with Gasteiger partial charge < -0.3 is 9.15 Å². The topological polar surface area (TPSA) is 93.5 Å². The second-order valence-electron chi connectivity index (χ2n) is 5.01. The molecule has 0 aliphatic heterocycles. The third-order valence-corrected chi connectivity index (χ3v) is 3.24. The van der Waals surface area contributed by atoms with Gasteiger partial charge in [-0.2, -0.15) is 0 Å². The summed E-state index contributed by atoms with van der Waals surface area (Å²) in [4.78, 5) is 27.7. The Bertz CT molecular complexity index is 847. The highest BCUT2D eigenvalue weighted by Gasteiger charge is 2.13. The quantitative estimate of drug-likeness (QED) is 0.697. The van der Waals surface area contributed by atoms with Gasteiger partial charge in [0.15, 0.2) is 5.76 Å². The average Bonchev–Trinajstić information content (AvgIpc) is 3.15. The molecule has 2 heterocycles. The van der Waals surface area contributed by atoms with Crippen molar-refractivity contribution in [1.82, 2.24) is 15.8 Å². The lowest BCUT2D eigenvalue weighted by Crippen LogP contribution is -2.41. The number of nitrogens with zero attached hydrogens (tertiary/aromatic N) is 1. The minimum atomic E-state index is -0.562. The second-order valence-corrected chi connectivity index (χ2v) is 5.01. The van der Waals surface area contributed by atoms with E-state index in [0.717, 1.165) is 0 Å². The van der Waals surface area contributed by atoms with Crippen LogP contribution < -0.4 is 15.6 Å². The van der Waals surface area contributed by atoms with Crippen molar-refractivity contribution in [3.05, 3.63) is 84.1 Å². The first-order chi connectivity index (χ1) is 12.2. The van der Waals surface area contributed by atoms with E-state index in [2.05, 4.69) is 15.8 Å². The zero-order valence-corrected chi connectivity index (χ0v) is 13.1. The molecule has 0 unspecified atom stereocenters. The van der Waals surface area contributed by atoms with E-state index in [-0.39, 0.29) is 12.4 Å². The van der Waals surface area contributed by atoms with Crippen molar-refractivity contribution in [1.29, 1.82) is 0 Å². The fourth-order valence-corrected chi connectivity index (χ4v) is 2.00. The van der Waals surface area contributed by atoms with Gasteiger partial charge in [-0.05, 0) is 36.4 Å². The van der Waals surface area contributed by atoms with Crippen molar-refractivity contribution in [2.24, 2.45) is 0 Å². The number of para-hydroxylation sites is 1. The minimum absolute atomic E-state index is 0.0710. The van der Waals surface area contributed by atoms with Gasteiger partial charge in [-0.3, -0.25) is 25.4 Å². The number of hydrogen-bond donors (Lipinski definition) is 2. The summed E-state index contributed by atoms with van der Waals surface area (Å²) in [7, 11) is 0. The molecule has 25 heavy (non-hydrogen) atoms. The largest absolute Gasteiger partial charge is 0.486 e. The lowest BCUT2D eigenvalue weighted by Gasteiger charge is -2.06. The number of nitrogens with one attached hydrogen (secondary N) is 2. The molecule has 0 saturated heterocycles. The number of amides is 2. The molecule has 7 nitrogen and oxygen atoms in total. The molecule has 0 atom stereocenters. The molecule has 2 amide bonds. The Morgan fingerprint density at radius 2 is 1.64 bits per heavy atom. The minimum Gasteiger partial charge on any atom is -0.486 e. The molecule has 2 aromatic heterocycles. The van der Waals surface area contributed by atoms with Gasteiger partial charge in [0.05, 0.1) is 0 Å². The number of carbonyl (C=O) groups is 2. The van der Waals surface area contributed by atoms with Crippen LogP contribution in [0.5, 0.6) is 5.75 Å². The van der Waals surface area contributed by atoms with Crippen molar-refractivity contribution < 1.29 is 18.7 Å². The zero-order chi connectivity index (χ0) is 17.5. The number of aromatic nitrogens is 1. The first-order valence-corrected chi connectivity index (χ1v) is 7.49. The number of hydrogen-bond acceptors (Lipinski definition) is 5. The van der Waals surface area contributed by atoms with Crippen LogP contribution in [0.25, 0.3) is 0 Å². The predicted octanol–water partition coefficient (Wildman–Crippen LogP) is 2.33. The number of benzene rings is 1. The smallest absolute Gasteiger partial charge is 0.305 e. The molecule has 0 saturated carbocycles. The van der Waals surface area contributed by atoms with E-state index in [1.807, 2.05) is 30.3 Å². The highest BCUT2D eigenvalue weighted by molar-refractivity contribution is 5.97. The summed E-state index contributed by atoms with van der Waals surface area (Å²) in [5, 5.41) is 0. The van der Waals surface area contributed by atoms with E-state index in [1.165, 1.54) is 30.6 Å². The van der Waals surface area contributed by atoms with Gasteiger partial charge >= 0.3 is 5.91 Å². The second kappa shape index (κ2) is 7.78. The number of carbonyl (C=O) groups excluding carboxylic acids is 2. The summed E-state index contributed by atoms with van der Waals surface area (Å²) in [5.41, 5.74) is 4.98. The van der Waals surface area contributed by atoms with Crippen LogP contribution >= 0.6 is 0 Å². The zero-order valence-electron chi connectivity index (χ0n) is 13.1. The summed E-state index contributed by atoms with van der Waals surface area (Å²) in [6.07, 6.45) is 2.98. The van der Waals surface area contributed by atoms with Crippen LogP contribution in [0, 0.1) is 0 Å². The normalized spacial score (nSPS) is 10.1. The molecule has 0 fully saturated rings. The Hall–Kier alpha value is -3.61. The Kier molecular flexibility index (Phi) is 5.06. The first-order valence-electron chi connectivity index (χ1n) is 7.49. The lowest BCUT2D eigenvalue weighted by atomic mass is 10.3. The number of furan rings is 1. The third kappa shape index (κ3) is 4.44. The van der Waals surface area contributed by atoms with E-state index in [1.54, 1.807) is 6.07 Å². The van der Waals surface area contributed by atoms with Crippen molar-refractivity contribution >= 4 is 11.8 Å². The number of pyridine rings is 1. The number of ether oxygens (including phenoxy) is 1. The van der Waals surface area contributed by atoms with Crippen molar-refractivity contribution in [3.8, 4) is 5.75 Å². The van der Waals surface area contributed by atoms with E-state index in [0.29, 0.717) is 17.1 Å². The summed E-state index contributed by atoms with van der Waals surface area (Å²) < 4.78 is 10.9. The maximum absolute atomic E-state index is 12.0. The van der Waals surface area contributed by atoms with E-state index in [4.69, 9.17) is 9.15 Å². The van der Waals surface area contributed by atoms with Gasteiger partial charge in [-0.15, -0.1) is 0 Å². The molecule has 0 bridgehead atoms. The van der Waals surface area contributed by atoms with Crippen LogP contribution in [0.3, 0.4) is 0 Å². The van der Waals surface area contributed by atoms with Crippen LogP contribution in [0.15, 0.2) is 71.4 Å². The summed E-state index contributed by atoms with van der Waals surface area (Å²) in [5.74, 6) is 0.258. The van der Waals surface area contributed by atoms with Gasteiger partial charge in [-0.1, -0.05) is 18.2 Å². The molecule has 0 aliphatic rings. The first kappa shape index (κ1) is 16.3. The Balaban J connectivity index is 1.51. The summed E-state index contributed by atoms with van der Waals surface area (Å²) >= 11 is 0. The van der Waals surface area contributed by atoms with Crippen LogP contribution in [0.4, 0.5) is 0 Å². The Morgan fingerprint density at radius 3 is 2.40 bits per heavy atom. The number of rotatable bonds is 5. The molecule has 1 aromatic carbocycles. The maximum atomic E-state index is 12.0. The molecule has 2 N–H and O–H groups in total. The van der Waals surface area contributed by atoms with E-state index >= 15 is 0 Å². The molecule has 7 heteroatoms. The summed E-state index contributed by atoms with van der Waals surface area (Å²) in [6.45, 7) is 0.195. The predicted molar refractivity (Wildman–Crippen MR) is 88.7 cm³/mol. The number of hydrazine groups is 1. The molecule has 0 spiro atoms.